The topological polar surface area (TPSA) is 55.4 Å². The van der Waals surface area contributed by atoms with E-state index in [1.807, 2.05) is 13.0 Å². The van der Waals surface area contributed by atoms with Crippen LogP contribution < -0.4 is 4.72 Å². The van der Waals surface area contributed by atoms with Gasteiger partial charge >= 0.3 is 17.2 Å². The zero-order valence-electron chi connectivity index (χ0n) is 7.17. The Kier molecular flexibility index (Phi) is 2.32. The van der Waals surface area contributed by atoms with Crippen molar-refractivity contribution in [2.75, 3.05) is 4.72 Å². The molecule has 0 fully saturated rings. The molecule has 2 rings (SSSR count). The first-order valence-corrected chi connectivity index (χ1v) is 5.66. The number of nitrogens with one attached hydrogen (secondary N) is 1. The molecule has 1 heterocycles. The first kappa shape index (κ1) is 9.67. The predicted molar refractivity (Wildman–Crippen MR) is 56.1 cm³/mol. The maximum atomic E-state index is 11.3. The number of carbonyl (C=O) groups excluding carboxylic acids is 1. The SMILES string of the molecule is Cc1cc(Br)c2c(c1)C(=O)OS(=O)N2. The lowest BCUT2D eigenvalue weighted by Crippen LogP contribution is -2.22. The minimum atomic E-state index is -1.78. The number of carbonyl (C=O) groups is 1. The number of fused-ring (bicyclic) bond motifs is 1. The summed E-state index contributed by atoms with van der Waals surface area (Å²) in [4.78, 5) is 11.3. The van der Waals surface area contributed by atoms with Crippen LogP contribution in [0.3, 0.4) is 0 Å². The van der Waals surface area contributed by atoms with Crippen molar-refractivity contribution in [2.45, 2.75) is 6.92 Å². The molecule has 0 aliphatic carbocycles. The largest absolute Gasteiger partial charge is 0.355 e. The summed E-state index contributed by atoms with van der Waals surface area (Å²) < 4.78 is 18.8. The maximum absolute atomic E-state index is 11.3. The average Bonchev–Trinajstić information content (AvgIpc) is 2.07. The molecule has 1 aromatic rings. The summed E-state index contributed by atoms with van der Waals surface area (Å²) in [6, 6.07) is 3.52. The highest BCUT2D eigenvalue weighted by molar-refractivity contribution is 9.10. The van der Waals surface area contributed by atoms with Gasteiger partial charge in [-0.15, -0.1) is 0 Å². The number of anilines is 1. The number of hydrogen-bond donors (Lipinski definition) is 1. The quantitative estimate of drug-likeness (QED) is 0.787. The van der Waals surface area contributed by atoms with Crippen LogP contribution >= 0.6 is 15.9 Å². The molecule has 0 spiro atoms. The highest BCUT2D eigenvalue weighted by Gasteiger charge is 2.25. The number of hydrogen-bond acceptors (Lipinski definition) is 3. The highest BCUT2D eigenvalue weighted by atomic mass is 79.9. The van der Waals surface area contributed by atoms with Crippen LogP contribution in [0.25, 0.3) is 0 Å². The number of rotatable bonds is 0. The molecule has 6 heteroatoms. The van der Waals surface area contributed by atoms with Gasteiger partial charge in [-0.05, 0) is 40.5 Å². The Morgan fingerprint density at radius 2 is 2.21 bits per heavy atom. The molecule has 0 saturated carbocycles. The molecule has 74 valence electrons. The number of aryl methyl sites for hydroxylation is 1. The predicted octanol–water partition coefficient (Wildman–Crippen LogP) is 1.92. The van der Waals surface area contributed by atoms with Gasteiger partial charge in [0.25, 0.3) is 0 Å². The molecule has 0 radical (unpaired) electrons. The van der Waals surface area contributed by atoms with Crippen molar-refractivity contribution >= 4 is 38.9 Å². The van der Waals surface area contributed by atoms with Gasteiger partial charge in [0.15, 0.2) is 0 Å². The minimum Gasteiger partial charge on any atom is -0.344 e. The molecule has 0 amide bonds. The van der Waals surface area contributed by atoms with Crippen LogP contribution in [0.2, 0.25) is 0 Å². The third kappa shape index (κ3) is 1.55. The van der Waals surface area contributed by atoms with Gasteiger partial charge in [0.05, 0.1) is 11.3 Å². The normalized spacial score (nSPS) is 19.6. The molecule has 1 unspecified atom stereocenters. The number of halogens is 1. The molecular formula is C8H6BrNO3S. The Labute approximate surface area is 91.6 Å². The van der Waals surface area contributed by atoms with Gasteiger partial charge in [0, 0.05) is 4.47 Å². The fraction of sp³-hybridized carbons (Fsp3) is 0.125. The average molecular weight is 276 g/mol. The highest BCUT2D eigenvalue weighted by Crippen LogP contribution is 2.31. The summed E-state index contributed by atoms with van der Waals surface area (Å²) in [5.74, 6) is -0.568. The molecule has 1 aliphatic heterocycles. The summed E-state index contributed by atoms with van der Waals surface area (Å²) >= 11 is 1.50. The Morgan fingerprint density at radius 1 is 1.50 bits per heavy atom. The van der Waals surface area contributed by atoms with E-state index in [2.05, 4.69) is 24.8 Å². The molecular weight excluding hydrogens is 270 g/mol. The third-order valence-electron chi connectivity index (χ3n) is 1.79. The van der Waals surface area contributed by atoms with Crippen LogP contribution in [-0.2, 0) is 15.4 Å². The van der Waals surface area contributed by atoms with E-state index in [9.17, 15) is 9.00 Å². The van der Waals surface area contributed by atoms with Crippen molar-refractivity contribution in [1.82, 2.24) is 0 Å². The zero-order chi connectivity index (χ0) is 10.3. The van der Waals surface area contributed by atoms with Crippen molar-refractivity contribution in [3.63, 3.8) is 0 Å². The molecule has 1 aromatic carbocycles. The molecule has 4 nitrogen and oxygen atoms in total. The summed E-state index contributed by atoms with van der Waals surface area (Å²) in [5.41, 5.74) is 1.85. The van der Waals surface area contributed by atoms with Gasteiger partial charge in [-0.2, -0.15) is 4.21 Å². The van der Waals surface area contributed by atoms with E-state index in [1.165, 1.54) is 0 Å². The van der Waals surface area contributed by atoms with E-state index >= 15 is 0 Å². The summed E-state index contributed by atoms with van der Waals surface area (Å²) in [6.45, 7) is 1.86. The maximum Gasteiger partial charge on any atom is 0.355 e. The van der Waals surface area contributed by atoms with E-state index in [4.69, 9.17) is 0 Å². The second-order valence-electron chi connectivity index (χ2n) is 2.88. The van der Waals surface area contributed by atoms with E-state index < -0.39 is 17.2 Å². The molecule has 1 aliphatic rings. The standard InChI is InChI=1S/C8H6BrNO3S/c1-4-2-5-7(6(9)3-4)10-14(12)13-8(5)11/h2-3,10H,1H3. The Hall–Kier alpha value is -0.880. The summed E-state index contributed by atoms with van der Waals surface area (Å²) in [6.07, 6.45) is 0. The van der Waals surface area contributed by atoms with E-state index in [1.54, 1.807) is 6.07 Å². The number of benzene rings is 1. The van der Waals surface area contributed by atoms with Crippen molar-refractivity contribution in [3.8, 4) is 0 Å². The molecule has 0 saturated heterocycles. The van der Waals surface area contributed by atoms with Crippen molar-refractivity contribution in [2.24, 2.45) is 0 Å². The molecule has 14 heavy (non-hydrogen) atoms. The van der Waals surface area contributed by atoms with Crippen LogP contribution in [-0.4, -0.2) is 10.2 Å². The second kappa shape index (κ2) is 3.36. The van der Waals surface area contributed by atoms with Crippen LogP contribution in [0, 0.1) is 6.92 Å². The summed E-state index contributed by atoms with van der Waals surface area (Å²) in [5, 5.41) is 0. The van der Waals surface area contributed by atoms with Crippen LogP contribution in [0.15, 0.2) is 16.6 Å². The van der Waals surface area contributed by atoms with Crippen molar-refractivity contribution in [3.05, 3.63) is 27.7 Å². The van der Waals surface area contributed by atoms with Gasteiger partial charge in [-0.25, -0.2) is 4.79 Å². The zero-order valence-corrected chi connectivity index (χ0v) is 9.57. The smallest absolute Gasteiger partial charge is 0.344 e. The fourth-order valence-corrected chi connectivity index (χ4v) is 2.69. The Morgan fingerprint density at radius 3 is 2.93 bits per heavy atom. The lowest BCUT2D eigenvalue weighted by atomic mass is 10.1. The first-order chi connectivity index (χ1) is 6.58. The molecule has 0 aromatic heterocycles. The van der Waals surface area contributed by atoms with Crippen LogP contribution in [0.4, 0.5) is 5.69 Å². The van der Waals surface area contributed by atoms with Gasteiger partial charge in [0.2, 0.25) is 0 Å². The van der Waals surface area contributed by atoms with Gasteiger partial charge in [0.1, 0.15) is 0 Å². The van der Waals surface area contributed by atoms with E-state index in [-0.39, 0.29) is 0 Å². The second-order valence-corrected chi connectivity index (χ2v) is 4.57. The van der Waals surface area contributed by atoms with Crippen molar-refractivity contribution in [1.29, 1.82) is 0 Å². The molecule has 1 N–H and O–H groups in total. The summed E-state index contributed by atoms with van der Waals surface area (Å²) in [7, 11) is 0. The van der Waals surface area contributed by atoms with Crippen LogP contribution in [0.5, 0.6) is 0 Å². The van der Waals surface area contributed by atoms with E-state index in [0.29, 0.717) is 15.7 Å². The fourth-order valence-electron chi connectivity index (χ4n) is 1.22. The third-order valence-corrected chi connectivity index (χ3v) is 3.09. The van der Waals surface area contributed by atoms with Gasteiger partial charge in [-0.3, -0.25) is 4.72 Å². The monoisotopic (exact) mass is 275 g/mol. The molecule has 1 atom stereocenters. The van der Waals surface area contributed by atoms with Gasteiger partial charge in [-0.1, -0.05) is 0 Å². The molecule has 0 bridgehead atoms. The van der Waals surface area contributed by atoms with Crippen molar-refractivity contribution < 1.29 is 13.2 Å². The van der Waals surface area contributed by atoms with Gasteiger partial charge < -0.3 is 4.18 Å². The lowest BCUT2D eigenvalue weighted by molar-refractivity contribution is 0.0755. The Bertz CT molecular complexity index is 446. The minimum absolute atomic E-state index is 0.400. The lowest BCUT2D eigenvalue weighted by Gasteiger charge is -2.17. The van der Waals surface area contributed by atoms with Crippen LogP contribution in [0.1, 0.15) is 15.9 Å². The first-order valence-electron chi connectivity index (χ1n) is 3.79. The Balaban J connectivity index is 2.64. The van der Waals surface area contributed by atoms with E-state index in [0.717, 1.165) is 5.56 Å².